The largest absolute Gasteiger partial charge is 0.315 e. The molecule has 5 heteroatoms. The van der Waals surface area contributed by atoms with Gasteiger partial charge >= 0.3 is 0 Å². The lowest BCUT2D eigenvalue weighted by Gasteiger charge is -2.14. The highest BCUT2D eigenvalue weighted by atomic mass is 35.5. The first-order chi connectivity index (χ1) is 9.97. The second-order valence-corrected chi connectivity index (χ2v) is 5.90. The Balaban J connectivity index is 1.96. The van der Waals surface area contributed by atoms with E-state index in [1.165, 1.54) is 12.1 Å². The van der Waals surface area contributed by atoms with Gasteiger partial charge in [-0.25, -0.2) is 4.39 Å². The van der Waals surface area contributed by atoms with Gasteiger partial charge in [0, 0.05) is 12.7 Å². The lowest BCUT2D eigenvalue weighted by molar-refractivity contribution is -0.117. The fourth-order valence-electron chi connectivity index (χ4n) is 2.51. The van der Waals surface area contributed by atoms with Gasteiger partial charge in [0.25, 0.3) is 0 Å². The van der Waals surface area contributed by atoms with Crippen LogP contribution in [-0.4, -0.2) is 13.0 Å². The van der Waals surface area contributed by atoms with Gasteiger partial charge in [-0.05, 0) is 34.9 Å². The summed E-state index contributed by atoms with van der Waals surface area (Å²) >= 11 is 12.2. The van der Waals surface area contributed by atoms with Crippen molar-refractivity contribution in [3.8, 4) is 0 Å². The first-order valence-electron chi connectivity index (χ1n) is 6.46. The quantitative estimate of drug-likeness (QED) is 0.753. The summed E-state index contributed by atoms with van der Waals surface area (Å²) in [6, 6.07) is 10.1. The normalized spacial score (nSPS) is 15.2. The average molecular weight is 324 g/mol. The Morgan fingerprint density at radius 2 is 1.86 bits per heavy atom. The first-order valence-corrected chi connectivity index (χ1v) is 7.27. The average Bonchev–Trinajstić information content (AvgIpc) is 2.76. The van der Waals surface area contributed by atoms with E-state index in [1.54, 1.807) is 18.0 Å². The van der Waals surface area contributed by atoms with Gasteiger partial charge in [-0.1, -0.05) is 29.8 Å². The number of carbonyl (C=O) groups is 1. The summed E-state index contributed by atoms with van der Waals surface area (Å²) in [5.41, 5.74) is 3.45. The van der Waals surface area contributed by atoms with Crippen LogP contribution in [0, 0.1) is 5.82 Å². The summed E-state index contributed by atoms with van der Waals surface area (Å²) in [6.45, 7) is 0. The van der Waals surface area contributed by atoms with Crippen molar-refractivity contribution in [2.45, 2.75) is 11.8 Å². The molecule has 3 rings (SSSR count). The lowest BCUT2D eigenvalue weighted by atomic mass is 10.0. The highest BCUT2D eigenvalue weighted by Gasteiger charge is 2.25. The molecular weight excluding hydrogens is 312 g/mol. The van der Waals surface area contributed by atoms with Gasteiger partial charge in [-0.2, -0.15) is 0 Å². The molecular formula is C16H12Cl2FNO. The molecule has 0 spiro atoms. The molecule has 0 N–H and O–H groups in total. The Labute approximate surface area is 132 Å². The molecule has 1 aliphatic heterocycles. The van der Waals surface area contributed by atoms with Gasteiger partial charge in [0.05, 0.1) is 16.8 Å². The minimum absolute atomic E-state index is 0.0502. The van der Waals surface area contributed by atoms with E-state index in [-0.39, 0.29) is 10.9 Å². The third kappa shape index (κ3) is 2.52. The molecule has 1 amide bonds. The number of likely N-dealkylation sites (N-methyl/N-ethyl adjacent to an activating group) is 1. The van der Waals surface area contributed by atoms with E-state index in [0.29, 0.717) is 6.42 Å². The van der Waals surface area contributed by atoms with E-state index in [2.05, 4.69) is 0 Å². The number of amides is 1. The Kier molecular flexibility index (Phi) is 3.64. The van der Waals surface area contributed by atoms with Crippen LogP contribution >= 0.6 is 23.2 Å². The van der Waals surface area contributed by atoms with Crippen LogP contribution in [0.5, 0.6) is 0 Å². The summed E-state index contributed by atoms with van der Waals surface area (Å²) in [7, 11) is 1.76. The van der Waals surface area contributed by atoms with Crippen molar-refractivity contribution in [1.29, 1.82) is 0 Å². The fraction of sp³-hybridized carbons (Fsp3) is 0.188. The van der Waals surface area contributed by atoms with E-state index in [4.69, 9.17) is 23.2 Å². The first kappa shape index (κ1) is 14.4. The number of fused-ring (bicyclic) bond motifs is 1. The van der Waals surface area contributed by atoms with E-state index >= 15 is 0 Å². The standard InChI is InChI=1S/C16H12Cl2FNO/c1-20-14-5-3-9(6-11(14)8-15(20)21)16(18)10-2-4-13(19)12(17)7-10/h2-7,16H,8H2,1H3. The molecule has 2 aromatic carbocycles. The maximum atomic E-state index is 13.2. The summed E-state index contributed by atoms with van der Waals surface area (Å²) in [6.07, 6.45) is 0.382. The van der Waals surface area contributed by atoms with Crippen LogP contribution in [-0.2, 0) is 11.2 Å². The smallest absolute Gasteiger partial charge is 0.231 e. The second-order valence-electron chi connectivity index (χ2n) is 5.05. The molecule has 108 valence electrons. The number of benzene rings is 2. The van der Waals surface area contributed by atoms with E-state index in [0.717, 1.165) is 22.4 Å². The number of alkyl halides is 1. The number of hydrogen-bond donors (Lipinski definition) is 0. The third-order valence-electron chi connectivity index (χ3n) is 3.71. The van der Waals surface area contributed by atoms with Crippen molar-refractivity contribution in [1.82, 2.24) is 0 Å². The molecule has 1 aliphatic rings. The van der Waals surface area contributed by atoms with Gasteiger partial charge < -0.3 is 4.90 Å². The van der Waals surface area contributed by atoms with Crippen molar-refractivity contribution in [3.63, 3.8) is 0 Å². The minimum Gasteiger partial charge on any atom is -0.315 e. The Morgan fingerprint density at radius 3 is 2.57 bits per heavy atom. The Morgan fingerprint density at radius 1 is 1.19 bits per heavy atom. The molecule has 1 atom stereocenters. The molecule has 0 saturated carbocycles. The van der Waals surface area contributed by atoms with E-state index in [1.807, 2.05) is 18.2 Å². The summed E-state index contributed by atoms with van der Waals surface area (Å²) < 4.78 is 13.2. The molecule has 0 aliphatic carbocycles. The predicted octanol–water partition coefficient (Wildman–Crippen LogP) is 4.33. The molecule has 1 unspecified atom stereocenters. The summed E-state index contributed by atoms with van der Waals surface area (Å²) in [5, 5.41) is -0.386. The number of rotatable bonds is 2. The number of halogens is 3. The van der Waals surface area contributed by atoms with Crippen LogP contribution in [0.25, 0.3) is 0 Å². The zero-order valence-corrected chi connectivity index (χ0v) is 12.7. The van der Waals surface area contributed by atoms with Crippen molar-refractivity contribution in [3.05, 3.63) is 63.9 Å². The van der Waals surface area contributed by atoms with Crippen LogP contribution < -0.4 is 4.90 Å². The maximum absolute atomic E-state index is 13.2. The molecule has 0 bridgehead atoms. The molecule has 2 nitrogen and oxygen atoms in total. The Hall–Kier alpha value is -1.58. The molecule has 0 radical (unpaired) electrons. The molecule has 21 heavy (non-hydrogen) atoms. The van der Waals surface area contributed by atoms with Crippen LogP contribution in [0.1, 0.15) is 22.1 Å². The molecule has 1 heterocycles. The zero-order chi connectivity index (χ0) is 15.1. The highest BCUT2D eigenvalue weighted by molar-refractivity contribution is 6.31. The number of hydrogen-bond acceptors (Lipinski definition) is 1. The van der Waals surface area contributed by atoms with Crippen molar-refractivity contribution in [2.24, 2.45) is 0 Å². The van der Waals surface area contributed by atoms with Gasteiger partial charge in [0.2, 0.25) is 5.91 Å². The second kappa shape index (κ2) is 5.32. The SMILES string of the molecule is CN1C(=O)Cc2cc(C(Cl)c3ccc(F)c(Cl)c3)ccc21. The summed E-state index contributed by atoms with van der Waals surface area (Å²) in [5.74, 6) is -0.399. The van der Waals surface area contributed by atoms with Crippen LogP contribution in [0.2, 0.25) is 5.02 Å². The lowest BCUT2D eigenvalue weighted by Crippen LogP contribution is -2.20. The monoisotopic (exact) mass is 323 g/mol. The molecule has 0 saturated heterocycles. The number of nitrogens with zero attached hydrogens (tertiary/aromatic N) is 1. The molecule has 2 aromatic rings. The summed E-state index contributed by atoms with van der Waals surface area (Å²) in [4.78, 5) is 13.3. The number of anilines is 1. The van der Waals surface area contributed by atoms with Gasteiger partial charge in [-0.15, -0.1) is 11.6 Å². The van der Waals surface area contributed by atoms with E-state index < -0.39 is 11.2 Å². The third-order valence-corrected chi connectivity index (χ3v) is 4.50. The fourth-order valence-corrected chi connectivity index (χ4v) is 2.97. The molecule has 0 aromatic heterocycles. The molecule has 0 fully saturated rings. The van der Waals surface area contributed by atoms with Crippen molar-refractivity contribution in [2.75, 3.05) is 11.9 Å². The van der Waals surface area contributed by atoms with Gasteiger partial charge in [0.1, 0.15) is 5.82 Å². The van der Waals surface area contributed by atoms with Gasteiger partial charge in [0.15, 0.2) is 0 Å². The topological polar surface area (TPSA) is 20.3 Å². The van der Waals surface area contributed by atoms with Crippen LogP contribution in [0.4, 0.5) is 10.1 Å². The van der Waals surface area contributed by atoms with Crippen molar-refractivity contribution >= 4 is 34.8 Å². The van der Waals surface area contributed by atoms with Crippen LogP contribution in [0.3, 0.4) is 0 Å². The minimum atomic E-state index is -0.467. The van der Waals surface area contributed by atoms with Gasteiger partial charge in [-0.3, -0.25) is 4.79 Å². The number of carbonyl (C=O) groups excluding carboxylic acids is 1. The zero-order valence-electron chi connectivity index (χ0n) is 11.2. The van der Waals surface area contributed by atoms with Crippen LogP contribution in [0.15, 0.2) is 36.4 Å². The maximum Gasteiger partial charge on any atom is 0.231 e. The Bertz CT molecular complexity index is 732. The predicted molar refractivity (Wildman–Crippen MR) is 82.7 cm³/mol. The van der Waals surface area contributed by atoms with Crippen molar-refractivity contribution < 1.29 is 9.18 Å². The van der Waals surface area contributed by atoms with E-state index in [9.17, 15) is 9.18 Å². The highest BCUT2D eigenvalue weighted by Crippen LogP contribution is 2.35.